The van der Waals surface area contributed by atoms with Gasteiger partial charge >= 0.3 is 0 Å². The maximum absolute atomic E-state index is 13.6. The quantitative estimate of drug-likeness (QED) is 0.850. The maximum Gasteiger partial charge on any atom is 0.228 e. The normalized spacial score (nSPS) is 19.1. The van der Waals surface area contributed by atoms with Gasteiger partial charge in [0.15, 0.2) is 11.6 Å². The zero-order valence-electron chi connectivity index (χ0n) is 13.4. The molecular weight excluding hydrogens is 288 g/mol. The highest BCUT2D eigenvalue weighted by atomic mass is 19.2. The number of benzene rings is 1. The standard InChI is InChI=1S/C17H23F2NO2/c1-17(2,3)16(21)20-10-5-4-7-12(20)11-22-14-9-6-8-13(18)15(14)19/h6,8-9,12H,4-5,7,10-11H2,1-3H3. The number of ether oxygens (including phenoxy) is 1. The van der Waals surface area contributed by atoms with E-state index in [2.05, 4.69) is 0 Å². The Labute approximate surface area is 130 Å². The Kier molecular flexibility index (Phi) is 5.04. The van der Waals surface area contributed by atoms with Gasteiger partial charge in [0.1, 0.15) is 6.61 Å². The molecule has 5 heteroatoms. The lowest BCUT2D eigenvalue weighted by atomic mass is 9.91. The molecule has 0 bridgehead atoms. The highest BCUT2D eigenvalue weighted by Gasteiger charge is 2.33. The second kappa shape index (κ2) is 6.63. The van der Waals surface area contributed by atoms with Crippen LogP contribution in [-0.2, 0) is 4.79 Å². The van der Waals surface area contributed by atoms with Crippen LogP contribution in [0.4, 0.5) is 8.78 Å². The molecule has 2 rings (SSSR count). The third-order valence-corrected chi connectivity index (χ3v) is 3.88. The Morgan fingerprint density at radius 3 is 2.73 bits per heavy atom. The summed E-state index contributed by atoms with van der Waals surface area (Å²) in [7, 11) is 0. The second-order valence-electron chi connectivity index (χ2n) is 6.76. The lowest BCUT2D eigenvalue weighted by Gasteiger charge is -2.39. The number of hydrogen-bond acceptors (Lipinski definition) is 2. The lowest BCUT2D eigenvalue weighted by Crippen LogP contribution is -2.50. The van der Waals surface area contributed by atoms with Crippen molar-refractivity contribution in [2.45, 2.75) is 46.1 Å². The number of hydrogen-bond donors (Lipinski definition) is 0. The van der Waals surface area contributed by atoms with Crippen LogP contribution in [-0.4, -0.2) is 30.0 Å². The number of nitrogens with zero attached hydrogens (tertiary/aromatic N) is 1. The molecule has 1 aliphatic rings. The maximum atomic E-state index is 13.6. The fourth-order valence-corrected chi connectivity index (χ4v) is 2.65. The first-order valence-electron chi connectivity index (χ1n) is 7.68. The minimum Gasteiger partial charge on any atom is -0.488 e. The van der Waals surface area contributed by atoms with E-state index in [0.29, 0.717) is 6.54 Å². The van der Waals surface area contributed by atoms with Crippen molar-refractivity contribution >= 4 is 5.91 Å². The van der Waals surface area contributed by atoms with E-state index in [4.69, 9.17) is 4.74 Å². The molecule has 0 saturated carbocycles. The summed E-state index contributed by atoms with van der Waals surface area (Å²) in [6, 6.07) is 3.77. The average Bonchev–Trinajstić information content (AvgIpc) is 2.47. The Balaban J connectivity index is 2.06. The molecule has 0 radical (unpaired) electrons. The molecule has 0 aromatic heterocycles. The number of carbonyl (C=O) groups excluding carboxylic acids is 1. The van der Waals surface area contributed by atoms with Gasteiger partial charge in [0.25, 0.3) is 0 Å². The van der Waals surface area contributed by atoms with E-state index in [1.165, 1.54) is 12.1 Å². The van der Waals surface area contributed by atoms with Crippen molar-refractivity contribution in [3.8, 4) is 5.75 Å². The van der Waals surface area contributed by atoms with Gasteiger partial charge < -0.3 is 9.64 Å². The summed E-state index contributed by atoms with van der Waals surface area (Å²) in [6.45, 7) is 6.52. The van der Waals surface area contributed by atoms with Crippen LogP contribution >= 0.6 is 0 Å². The monoisotopic (exact) mass is 311 g/mol. The van der Waals surface area contributed by atoms with E-state index in [0.717, 1.165) is 25.3 Å². The van der Waals surface area contributed by atoms with Gasteiger partial charge in [-0.2, -0.15) is 4.39 Å². The van der Waals surface area contributed by atoms with Gasteiger partial charge in [-0.15, -0.1) is 0 Å². The SMILES string of the molecule is CC(C)(C)C(=O)N1CCCCC1COc1cccc(F)c1F. The molecule has 1 aliphatic heterocycles. The van der Waals surface area contributed by atoms with Gasteiger partial charge in [-0.1, -0.05) is 26.8 Å². The largest absolute Gasteiger partial charge is 0.488 e. The third kappa shape index (κ3) is 3.76. The second-order valence-corrected chi connectivity index (χ2v) is 6.76. The van der Waals surface area contributed by atoms with Crippen molar-refractivity contribution in [3.05, 3.63) is 29.8 Å². The molecule has 1 aromatic rings. The molecule has 122 valence electrons. The summed E-state index contributed by atoms with van der Waals surface area (Å²) in [5.74, 6) is -1.94. The fraction of sp³-hybridized carbons (Fsp3) is 0.588. The third-order valence-electron chi connectivity index (χ3n) is 3.88. The number of halogens is 2. The van der Waals surface area contributed by atoms with Crippen LogP contribution in [0.15, 0.2) is 18.2 Å². The van der Waals surface area contributed by atoms with E-state index in [1.807, 2.05) is 25.7 Å². The van der Waals surface area contributed by atoms with Crippen molar-refractivity contribution in [2.75, 3.05) is 13.2 Å². The van der Waals surface area contributed by atoms with Crippen LogP contribution < -0.4 is 4.74 Å². The van der Waals surface area contributed by atoms with E-state index in [1.54, 1.807) is 0 Å². The first-order valence-corrected chi connectivity index (χ1v) is 7.68. The van der Waals surface area contributed by atoms with Crippen molar-refractivity contribution in [3.63, 3.8) is 0 Å². The van der Waals surface area contributed by atoms with Crippen LogP contribution in [0.2, 0.25) is 0 Å². The van der Waals surface area contributed by atoms with Crippen LogP contribution in [0.25, 0.3) is 0 Å². The number of piperidine rings is 1. The highest BCUT2D eigenvalue weighted by Crippen LogP contribution is 2.26. The number of carbonyl (C=O) groups is 1. The number of amides is 1. The molecule has 0 aliphatic carbocycles. The van der Waals surface area contributed by atoms with E-state index >= 15 is 0 Å². The average molecular weight is 311 g/mol. The molecular formula is C17H23F2NO2. The van der Waals surface area contributed by atoms with Gasteiger partial charge in [0, 0.05) is 12.0 Å². The highest BCUT2D eigenvalue weighted by molar-refractivity contribution is 5.81. The van der Waals surface area contributed by atoms with Gasteiger partial charge in [0.2, 0.25) is 11.7 Å². The molecule has 1 heterocycles. The molecule has 1 aromatic carbocycles. The Morgan fingerprint density at radius 1 is 1.32 bits per heavy atom. The molecule has 1 fully saturated rings. The lowest BCUT2D eigenvalue weighted by molar-refractivity contribution is -0.144. The minimum absolute atomic E-state index is 0.0699. The number of likely N-dealkylation sites (tertiary alicyclic amines) is 1. The van der Waals surface area contributed by atoms with Crippen molar-refractivity contribution < 1.29 is 18.3 Å². The summed E-state index contributed by atoms with van der Waals surface area (Å²) >= 11 is 0. The first-order chi connectivity index (χ1) is 10.3. The van der Waals surface area contributed by atoms with Crippen molar-refractivity contribution in [2.24, 2.45) is 5.41 Å². The molecule has 0 N–H and O–H groups in total. The predicted molar refractivity (Wildman–Crippen MR) is 80.7 cm³/mol. The Morgan fingerprint density at radius 2 is 2.05 bits per heavy atom. The molecule has 22 heavy (non-hydrogen) atoms. The smallest absolute Gasteiger partial charge is 0.228 e. The predicted octanol–water partition coefficient (Wildman–Crippen LogP) is 3.77. The van der Waals surface area contributed by atoms with Crippen LogP contribution in [0.3, 0.4) is 0 Å². The number of rotatable bonds is 3. The van der Waals surface area contributed by atoms with E-state index < -0.39 is 17.0 Å². The summed E-state index contributed by atoms with van der Waals surface area (Å²) in [5.41, 5.74) is -0.459. The fourth-order valence-electron chi connectivity index (χ4n) is 2.65. The van der Waals surface area contributed by atoms with Gasteiger partial charge in [-0.25, -0.2) is 4.39 Å². The summed E-state index contributed by atoms with van der Waals surface area (Å²) < 4.78 is 32.2. The molecule has 3 nitrogen and oxygen atoms in total. The summed E-state index contributed by atoms with van der Waals surface area (Å²) in [4.78, 5) is 14.3. The minimum atomic E-state index is -0.980. The summed E-state index contributed by atoms with van der Waals surface area (Å²) in [5, 5.41) is 0. The molecule has 1 saturated heterocycles. The molecule has 1 atom stereocenters. The molecule has 1 unspecified atom stereocenters. The zero-order valence-corrected chi connectivity index (χ0v) is 13.4. The zero-order chi connectivity index (χ0) is 16.3. The van der Waals surface area contributed by atoms with Gasteiger partial charge in [0.05, 0.1) is 6.04 Å². The van der Waals surface area contributed by atoms with Crippen LogP contribution in [0.5, 0.6) is 5.75 Å². The Bertz CT molecular complexity index is 540. The summed E-state index contributed by atoms with van der Waals surface area (Å²) in [6.07, 6.45) is 2.79. The van der Waals surface area contributed by atoms with Crippen molar-refractivity contribution in [1.29, 1.82) is 0 Å². The van der Waals surface area contributed by atoms with Crippen molar-refractivity contribution in [1.82, 2.24) is 4.90 Å². The van der Waals surface area contributed by atoms with E-state index in [-0.39, 0.29) is 24.3 Å². The van der Waals surface area contributed by atoms with Gasteiger partial charge in [-0.3, -0.25) is 4.79 Å². The molecule has 0 spiro atoms. The topological polar surface area (TPSA) is 29.5 Å². The van der Waals surface area contributed by atoms with Crippen LogP contribution in [0.1, 0.15) is 40.0 Å². The van der Waals surface area contributed by atoms with Crippen LogP contribution in [0, 0.1) is 17.0 Å². The first kappa shape index (κ1) is 16.7. The Hall–Kier alpha value is -1.65. The molecule has 1 amide bonds. The van der Waals surface area contributed by atoms with E-state index in [9.17, 15) is 13.6 Å². The van der Waals surface area contributed by atoms with Gasteiger partial charge in [-0.05, 0) is 31.4 Å².